The fourth-order valence-corrected chi connectivity index (χ4v) is 1.74. The number of carbonyl (C=O) groups is 2. The van der Waals surface area contributed by atoms with Gasteiger partial charge < -0.3 is 10.2 Å². The van der Waals surface area contributed by atoms with E-state index in [9.17, 15) is 9.59 Å². The minimum atomic E-state index is -0.396. The molecular formula is C10H15ClN2O2. The first kappa shape index (κ1) is 12.0. The Morgan fingerprint density at radius 3 is 2.87 bits per heavy atom. The van der Waals surface area contributed by atoms with Crippen LogP contribution in [0.4, 0.5) is 0 Å². The monoisotopic (exact) mass is 230 g/mol. The van der Waals surface area contributed by atoms with Gasteiger partial charge in [-0.25, -0.2) is 0 Å². The number of piperazine rings is 1. The number of nitrogens with zero attached hydrogens (tertiary/aromatic N) is 1. The summed E-state index contributed by atoms with van der Waals surface area (Å²) in [5.41, 5.74) is 0. The molecule has 1 aliphatic heterocycles. The summed E-state index contributed by atoms with van der Waals surface area (Å²) >= 11 is 5.63. The molecule has 5 heteroatoms. The molecule has 1 saturated heterocycles. The molecule has 84 valence electrons. The van der Waals surface area contributed by atoms with Crippen LogP contribution in [0, 0.1) is 0 Å². The molecule has 1 N–H and O–H groups in total. The summed E-state index contributed by atoms with van der Waals surface area (Å²) in [6, 6.07) is -0.396. The third-order valence-electron chi connectivity index (χ3n) is 2.22. The van der Waals surface area contributed by atoms with Crippen LogP contribution in [0.1, 0.15) is 19.8 Å². The Balaban J connectivity index is 2.67. The lowest BCUT2D eigenvalue weighted by Crippen LogP contribution is -2.58. The van der Waals surface area contributed by atoms with Crippen molar-refractivity contribution in [2.24, 2.45) is 0 Å². The summed E-state index contributed by atoms with van der Waals surface area (Å²) < 4.78 is 0. The van der Waals surface area contributed by atoms with Crippen LogP contribution in [-0.2, 0) is 9.59 Å². The second-order valence-corrected chi connectivity index (χ2v) is 4.15. The van der Waals surface area contributed by atoms with Gasteiger partial charge in [-0.15, -0.1) is 0 Å². The van der Waals surface area contributed by atoms with Gasteiger partial charge in [0.05, 0.1) is 13.1 Å². The molecule has 1 aliphatic rings. The van der Waals surface area contributed by atoms with Crippen LogP contribution >= 0.6 is 11.6 Å². The summed E-state index contributed by atoms with van der Waals surface area (Å²) in [6.45, 7) is 5.81. The number of amides is 2. The van der Waals surface area contributed by atoms with Crippen molar-refractivity contribution in [2.75, 3.05) is 13.1 Å². The molecule has 15 heavy (non-hydrogen) atoms. The molecule has 0 radical (unpaired) electrons. The third-order valence-corrected chi connectivity index (χ3v) is 2.34. The molecule has 0 spiro atoms. The largest absolute Gasteiger partial charge is 0.343 e. The maximum atomic E-state index is 11.8. The lowest BCUT2D eigenvalue weighted by Gasteiger charge is -2.32. The Morgan fingerprint density at radius 2 is 2.33 bits per heavy atom. The fraction of sp³-hybridized carbons (Fsp3) is 0.600. The molecule has 0 aromatic heterocycles. The van der Waals surface area contributed by atoms with Crippen LogP contribution in [0.25, 0.3) is 0 Å². The minimum Gasteiger partial charge on any atom is -0.343 e. The van der Waals surface area contributed by atoms with Gasteiger partial charge in [0, 0.05) is 5.03 Å². The van der Waals surface area contributed by atoms with Crippen molar-refractivity contribution in [3.05, 3.63) is 11.6 Å². The molecule has 1 atom stereocenters. The molecule has 1 unspecified atom stereocenters. The van der Waals surface area contributed by atoms with Crippen molar-refractivity contribution in [2.45, 2.75) is 25.8 Å². The molecule has 0 aromatic rings. The third kappa shape index (κ3) is 3.23. The van der Waals surface area contributed by atoms with Crippen molar-refractivity contribution >= 4 is 23.4 Å². The summed E-state index contributed by atoms with van der Waals surface area (Å²) in [4.78, 5) is 24.6. The summed E-state index contributed by atoms with van der Waals surface area (Å²) in [6.07, 6.45) is 1.52. The average Bonchev–Trinajstić information content (AvgIpc) is 2.12. The van der Waals surface area contributed by atoms with E-state index in [1.165, 1.54) is 4.90 Å². The van der Waals surface area contributed by atoms with Crippen LogP contribution in [0.5, 0.6) is 0 Å². The van der Waals surface area contributed by atoms with E-state index in [0.717, 1.165) is 6.42 Å². The number of hydrogen-bond donors (Lipinski definition) is 1. The van der Waals surface area contributed by atoms with Crippen molar-refractivity contribution in [1.29, 1.82) is 0 Å². The number of hydrogen-bond acceptors (Lipinski definition) is 2. The first-order valence-electron chi connectivity index (χ1n) is 4.96. The minimum absolute atomic E-state index is 0.0711. The highest BCUT2D eigenvalue weighted by Crippen LogP contribution is 2.10. The van der Waals surface area contributed by atoms with E-state index >= 15 is 0 Å². The van der Waals surface area contributed by atoms with E-state index in [0.29, 0.717) is 11.5 Å². The second-order valence-electron chi connectivity index (χ2n) is 3.62. The standard InChI is InChI=1S/C10H15ClN2O2/c1-3-4-8-10(15)13(5-7(2)11)6-9(14)12-8/h8H,2-6H2,1H3,(H,12,14). The molecular weight excluding hydrogens is 216 g/mol. The first-order chi connectivity index (χ1) is 7.04. The van der Waals surface area contributed by atoms with Gasteiger partial charge in [-0.2, -0.15) is 0 Å². The summed E-state index contributed by atoms with van der Waals surface area (Å²) in [5.74, 6) is -0.204. The SMILES string of the molecule is C=C(Cl)CN1CC(=O)NC(CCC)C1=O. The topological polar surface area (TPSA) is 49.4 Å². The lowest BCUT2D eigenvalue weighted by atomic mass is 10.1. The molecule has 0 aliphatic carbocycles. The summed E-state index contributed by atoms with van der Waals surface area (Å²) in [7, 11) is 0. The van der Waals surface area contributed by atoms with Crippen LogP contribution in [0.2, 0.25) is 0 Å². The van der Waals surface area contributed by atoms with E-state index < -0.39 is 6.04 Å². The predicted molar refractivity (Wildman–Crippen MR) is 58.4 cm³/mol. The van der Waals surface area contributed by atoms with E-state index in [2.05, 4.69) is 11.9 Å². The molecule has 0 saturated carbocycles. The Hall–Kier alpha value is -1.03. The van der Waals surface area contributed by atoms with Gasteiger partial charge in [0.25, 0.3) is 0 Å². The average molecular weight is 231 g/mol. The molecule has 4 nitrogen and oxygen atoms in total. The van der Waals surface area contributed by atoms with Crippen molar-refractivity contribution in [3.63, 3.8) is 0 Å². The number of nitrogens with one attached hydrogen (secondary N) is 1. The maximum absolute atomic E-state index is 11.8. The van der Waals surface area contributed by atoms with Crippen molar-refractivity contribution in [3.8, 4) is 0 Å². The zero-order valence-corrected chi connectivity index (χ0v) is 9.51. The fourth-order valence-electron chi connectivity index (χ4n) is 1.60. The highest BCUT2D eigenvalue weighted by Gasteiger charge is 2.31. The lowest BCUT2D eigenvalue weighted by molar-refractivity contribution is -0.143. The van der Waals surface area contributed by atoms with E-state index in [4.69, 9.17) is 11.6 Å². The number of carbonyl (C=O) groups excluding carboxylic acids is 2. The normalized spacial score (nSPS) is 21.5. The number of rotatable bonds is 4. The maximum Gasteiger partial charge on any atom is 0.245 e. The van der Waals surface area contributed by atoms with Crippen molar-refractivity contribution in [1.82, 2.24) is 10.2 Å². The zero-order valence-electron chi connectivity index (χ0n) is 8.75. The molecule has 1 heterocycles. The molecule has 0 aromatic carbocycles. The van der Waals surface area contributed by atoms with Gasteiger partial charge in [0.2, 0.25) is 11.8 Å². The second kappa shape index (κ2) is 5.16. The predicted octanol–water partition coefficient (Wildman–Crippen LogP) is 0.866. The Labute approximate surface area is 94.3 Å². The van der Waals surface area contributed by atoms with Crippen LogP contribution in [0.15, 0.2) is 11.6 Å². The first-order valence-corrected chi connectivity index (χ1v) is 5.33. The Kier molecular flexibility index (Phi) is 4.15. The molecule has 2 amide bonds. The van der Waals surface area contributed by atoms with Crippen LogP contribution < -0.4 is 5.32 Å². The van der Waals surface area contributed by atoms with E-state index in [1.807, 2.05) is 6.92 Å². The Morgan fingerprint density at radius 1 is 1.67 bits per heavy atom. The van der Waals surface area contributed by atoms with Gasteiger partial charge in [-0.1, -0.05) is 31.5 Å². The van der Waals surface area contributed by atoms with E-state index in [1.54, 1.807) is 0 Å². The van der Waals surface area contributed by atoms with Gasteiger partial charge >= 0.3 is 0 Å². The van der Waals surface area contributed by atoms with Gasteiger partial charge in [0.1, 0.15) is 6.04 Å². The van der Waals surface area contributed by atoms with E-state index in [-0.39, 0.29) is 24.9 Å². The molecule has 1 fully saturated rings. The van der Waals surface area contributed by atoms with Crippen molar-refractivity contribution < 1.29 is 9.59 Å². The van der Waals surface area contributed by atoms with Gasteiger partial charge in [0.15, 0.2) is 0 Å². The summed E-state index contributed by atoms with van der Waals surface area (Å²) in [5, 5.41) is 3.04. The van der Waals surface area contributed by atoms with Crippen LogP contribution in [0.3, 0.4) is 0 Å². The molecule has 0 bridgehead atoms. The van der Waals surface area contributed by atoms with Gasteiger partial charge in [-0.3, -0.25) is 9.59 Å². The zero-order chi connectivity index (χ0) is 11.4. The van der Waals surface area contributed by atoms with Crippen LogP contribution in [-0.4, -0.2) is 35.8 Å². The highest BCUT2D eigenvalue weighted by atomic mass is 35.5. The number of halogens is 1. The van der Waals surface area contributed by atoms with Gasteiger partial charge in [-0.05, 0) is 6.42 Å². The quantitative estimate of drug-likeness (QED) is 0.779. The highest BCUT2D eigenvalue weighted by molar-refractivity contribution is 6.29. The smallest absolute Gasteiger partial charge is 0.245 e. The molecule has 1 rings (SSSR count). The Bertz CT molecular complexity index is 289.